The van der Waals surface area contributed by atoms with E-state index < -0.39 is 11.7 Å². The Kier molecular flexibility index (Phi) is 3.00. The summed E-state index contributed by atoms with van der Waals surface area (Å²) in [6, 6.07) is 2.84. The SMILES string of the molecule is CNCc1cc(C(F)(F)F)ccc1O. The molecule has 0 radical (unpaired) electrons. The second-order valence-electron chi connectivity index (χ2n) is 2.87. The topological polar surface area (TPSA) is 32.3 Å². The smallest absolute Gasteiger partial charge is 0.416 e. The highest BCUT2D eigenvalue weighted by Gasteiger charge is 2.30. The van der Waals surface area contributed by atoms with Gasteiger partial charge in [-0.05, 0) is 25.2 Å². The summed E-state index contributed by atoms with van der Waals surface area (Å²) in [7, 11) is 1.60. The molecule has 0 spiro atoms. The van der Waals surface area contributed by atoms with E-state index in [0.29, 0.717) is 0 Å². The minimum absolute atomic E-state index is 0.132. The highest BCUT2D eigenvalue weighted by Crippen LogP contribution is 2.32. The zero-order chi connectivity index (χ0) is 10.8. The van der Waals surface area contributed by atoms with Crippen molar-refractivity contribution in [2.45, 2.75) is 12.7 Å². The van der Waals surface area contributed by atoms with Crippen LogP contribution in [0.1, 0.15) is 11.1 Å². The first kappa shape index (κ1) is 10.8. The summed E-state index contributed by atoms with van der Waals surface area (Å²) in [4.78, 5) is 0. The standard InChI is InChI=1S/C9H10F3NO/c1-13-5-6-4-7(9(10,11)12)2-3-8(6)14/h2-4,13-14H,5H2,1H3. The van der Waals surface area contributed by atoms with Crippen LogP contribution in [0.4, 0.5) is 13.2 Å². The Bertz CT molecular complexity index is 322. The summed E-state index contributed by atoms with van der Waals surface area (Å²) in [6.07, 6.45) is -4.36. The Morgan fingerprint density at radius 1 is 1.36 bits per heavy atom. The Morgan fingerprint density at radius 2 is 2.00 bits per heavy atom. The molecular weight excluding hydrogens is 195 g/mol. The Morgan fingerprint density at radius 3 is 2.50 bits per heavy atom. The van der Waals surface area contributed by atoms with Gasteiger partial charge in [-0.3, -0.25) is 0 Å². The van der Waals surface area contributed by atoms with Crippen LogP contribution in [0.25, 0.3) is 0 Å². The number of rotatable bonds is 2. The number of alkyl halides is 3. The second-order valence-corrected chi connectivity index (χ2v) is 2.87. The van der Waals surface area contributed by atoms with E-state index in [0.717, 1.165) is 18.2 Å². The molecule has 1 aromatic rings. The molecule has 5 heteroatoms. The molecule has 0 saturated carbocycles. The number of phenols is 1. The van der Waals surface area contributed by atoms with Gasteiger partial charge < -0.3 is 10.4 Å². The van der Waals surface area contributed by atoms with E-state index in [1.807, 2.05) is 0 Å². The minimum Gasteiger partial charge on any atom is -0.508 e. The monoisotopic (exact) mass is 205 g/mol. The lowest BCUT2D eigenvalue weighted by Crippen LogP contribution is -2.09. The van der Waals surface area contributed by atoms with Crippen LogP contribution in [-0.4, -0.2) is 12.2 Å². The summed E-state index contributed by atoms with van der Waals surface area (Å²) in [6.45, 7) is 0.204. The molecule has 0 aliphatic heterocycles. The van der Waals surface area contributed by atoms with Crippen molar-refractivity contribution in [1.82, 2.24) is 5.32 Å². The van der Waals surface area contributed by atoms with Gasteiger partial charge in [0.2, 0.25) is 0 Å². The molecule has 0 bridgehead atoms. The fraction of sp³-hybridized carbons (Fsp3) is 0.333. The normalized spacial score (nSPS) is 11.7. The van der Waals surface area contributed by atoms with Gasteiger partial charge >= 0.3 is 6.18 Å². The van der Waals surface area contributed by atoms with Crippen molar-refractivity contribution in [3.8, 4) is 5.75 Å². The third-order valence-corrected chi connectivity index (χ3v) is 1.77. The van der Waals surface area contributed by atoms with Gasteiger partial charge in [0.1, 0.15) is 5.75 Å². The van der Waals surface area contributed by atoms with Crippen molar-refractivity contribution >= 4 is 0 Å². The van der Waals surface area contributed by atoms with Crippen LogP contribution in [-0.2, 0) is 12.7 Å². The average molecular weight is 205 g/mol. The van der Waals surface area contributed by atoms with Crippen LogP contribution >= 0.6 is 0 Å². The fourth-order valence-corrected chi connectivity index (χ4v) is 1.09. The first-order chi connectivity index (χ1) is 6.45. The number of nitrogens with one attached hydrogen (secondary N) is 1. The third-order valence-electron chi connectivity index (χ3n) is 1.77. The van der Waals surface area contributed by atoms with E-state index in [1.54, 1.807) is 7.05 Å². The van der Waals surface area contributed by atoms with Crippen LogP contribution in [0.5, 0.6) is 5.75 Å². The molecule has 0 aromatic heterocycles. The molecule has 0 atom stereocenters. The summed E-state index contributed by atoms with van der Waals surface area (Å²) >= 11 is 0. The van der Waals surface area contributed by atoms with Gasteiger partial charge in [0.25, 0.3) is 0 Å². The molecule has 0 fully saturated rings. The van der Waals surface area contributed by atoms with Crippen molar-refractivity contribution in [2.24, 2.45) is 0 Å². The Hall–Kier alpha value is -1.23. The van der Waals surface area contributed by atoms with Crippen LogP contribution < -0.4 is 5.32 Å². The summed E-state index contributed by atoms with van der Waals surface area (Å²) in [5.41, 5.74) is -0.511. The number of aromatic hydroxyl groups is 1. The van der Waals surface area contributed by atoms with E-state index >= 15 is 0 Å². The van der Waals surface area contributed by atoms with Crippen molar-refractivity contribution < 1.29 is 18.3 Å². The number of benzene rings is 1. The van der Waals surface area contributed by atoms with E-state index in [9.17, 15) is 18.3 Å². The first-order valence-corrected chi connectivity index (χ1v) is 3.99. The maximum absolute atomic E-state index is 12.2. The molecule has 0 heterocycles. The van der Waals surface area contributed by atoms with Gasteiger partial charge in [0.05, 0.1) is 5.56 Å². The number of hydrogen-bond acceptors (Lipinski definition) is 2. The molecule has 2 N–H and O–H groups in total. The average Bonchev–Trinajstić information content (AvgIpc) is 2.07. The molecule has 1 aromatic carbocycles. The van der Waals surface area contributed by atoms with Crippen LogP contribution in [0.3, 0.4) is 0 Å². The fourth-order valence-electron chi connectivity index (χ4n) is 1.09. The Balaban J connectivity index is 3.06. The largest absolute Gasteiger partial charge is 0.508 e. The minimum atomic E-state index is -4.36. The van der Waals surface area contributed by atoms with Crippen LogP contribution in [0.15, 0.2) is 18.2 Å². The van der Waals surface area contributed by atoms with Gasteiger partial charge in [-0.15, -0.1) is 0 Å². The zero-order valence-corrected chi connectivity index (χ0v) is 7.52. The van der Waals surface area contributed by atoms with Gasteiger partial charge in [0, 0.05) is 12.1 Å². The van der Waals surface area contributed by atoms with Gasteiger partial charge in [-0.2, -0.15) is 13.2 Å². The zero-order valence-electron chi connectivity index (χ0n) is 7.52. The number of phenolic OH excluding ortho intramolecular Hbond substituents is 1. The van der Waals surface area contributed by atoms with E-state index in [4.69, 9.17) is 0 Å². The van der Waals surface area contributed by atoms with E-state index in [1.165, 1.54) is 0 Å². The summed E-state index contributed by atoms with van der Waals surface area (Å²) < 4.78 is 36.7. The van der Waals surface area contributed by atoms with E-state index in [-0.39, 0.29) is 17.9 Å². The quantitative estimate of drug-likeness (QED) is 0.775. The molecular formula is C9H10F3NO. The van der Waals surface area contributed by atoms with Crippen LogP contribution in [0.2, 0.25) is 0 Å². The van der Waals surface area contributed by atoms with Crippen molar-refractivity contribution in [1.29, 1.82) is 0 Å². The van der Waals surface area contributed by atoms with Crippen molar-refractivity contribution in [3.05, 3.63) is 29.3 Å². The molecule has 1 rings (SSSR count). The van der Waals surface area contributed by atoms with Gasteiger partial charge in [0.15, 0.2) is 0 Å². The van der Waals surface area contributed by atoms with E-state index in [2.05, 4.69) is 5.32 Å². The molecule has 2 nitrogen and oxygen atoms in total. The van der Waals surface area contributed by atoms with Gasteiger partial charge in [-0.25, -0.2) is 0 Å². The van der Waals surface area contributed by atoms with Crippen LogP contribution in [0, 0.1) is 0 Å². The highest BCUT2D eigenvalue weighted by atomic mass is 19.4. The molecule has 0 aliphatic rings. The highest BCUT2D eigenvalue weighted by molar-refractivity contribution is 5.37. The van der Waals surface area contributed by atoms with Gasteiger partial charge in [-0.1, -0.05) is 0 Å². The maximum atomic E-state index is 12.2. The molecule has 78 valence electrons. The summed E-state index contributed by atoms with van der Waals surface area (Å²) in [5, 5.41) is 11.9. The predicted molar refractivity (Wildman–Crippen MR) is 45.9 cm³/mol. The van der Waals surface area contributed by atoms with Crippen molar-refractivity contribution in [3.63, 3.8) is 0 Å². The number of hydrogen-bond donors (Lipinski definition) is 2. The Labute approximate surface area is 79.4 Å². The van der Waals surface area contributed by atoms with Crippen molar-refractivity contribution in [2.75, 3.05) is 7.05 Å². The predicted octanol–water partition coefficient (Wildman–Crippen LogP) is 2.13. The molecule has 0 unspecified atom stereocenters. The maximum Gasteiger partial charge on any atom is 0.416 e. The lowest BCUT2D eigenvalue weighted by atomic mass is 10.1. The molecule has 0 aliphatic carbocycles. The summed E-state index contributed by atoms with van der Waals surface area (Å²) in [5.74, 6) is -0.132. The lowest BCUT2D eigenvalue weighted by Gasteiger charge is -2.09. The second kappa shape index (κ2) is 3.88. The first-order valence-electron chi connectivity index (χ1n) is 3.99. The lowest BCUT2D eigenvalue weighted by molar-refractivity contribution is -0.137. The molecule has 0 saturated heterocycles. The molecule has 0 amide bonds. The third kappa shape index (κ3) is 2.38. The number of halogens is 3. The molecule has 14 heavy (non-hydrogen) atoms.